The summed E-state index contributed by atoms with van der Waals surface area (Å²) in [6.45, 7) is 3.38. The van der Waals surface area contributed by atoms with E-state index >= 15 is 0 Å². The van der Waals surface area contributed by atoms with Gasteiger partial charge in [-0.1, -0.05) is 29.0 Å². The van der Waals surface area contributed by atoms with Crippen LogP contribution in [0.3, 0.4) is 0 Å². The molecule has 2 aliphatic rings. The highest BCUT2D eigenvalue weighted by Gasteiger charge is 2.23. The van der Waals surface area contributed by atoms with Gasteiger partial charge in [0.2, 0.25) is 11.8 Å². The van der Waals surface area contributed by atoms with Crippen LogP contribution in [0.2, 0.25) is 5.02 Å². The molecule has 0 radical (unpaired) electrons. The van der Waals surface area contributed by atoms with Crippen LogP contribution in [0.5, 0.6) is 16.7 Å². The molecular formula is C23H26ClN3O4S. The number of benzene rings is 1. The summed E-state index contributed by atoms with van der Waals surface area (Å²) in [7, 11) is 0. The molecule has 1 saturated carbocycles. The highest BCUT2D eigenvalue weighted by Crippen LogP contribution is 2.35. The zero-order chi connectivity index (χ0) is 22.5. The molecule has 1 aliphatic carbocycles. The van der Waals surface area contributed by atoms with E-state index in [4.69, 9.17) is 21.1 Å². The minimum Gasteiger partial charge on any atom is -0.493 e. The number of hydrogen-bond donors (Lipinski definition) is 1. The smallest absolute Gasteiger partial charge is 0.279 e. The quantitative estimate of drug-likeness (QED) is 0.546. The predicted octanol–water partition coefficient (Wildman–Crippen LogP) is 4.52. The Bertz CT molecular complexity index is 1000. The van der Waals surface area contributed by atoms with Gasteiger partial charge in [-0.2, -0.15) is 0 Å². The highest BCUT2D eigenvalue weighted by molar-refractivity contribution is 7.14. The summed E-state index contributed by atoms with van der Waals surface area (Å²) in [6.07, 6.45) is 9.28. The van der Waals surface area contributed by atoms with E-state index in [2.05, 4.69) is 10.3 Å². The number of carbonyl (C=O) groups excluding carboxylic acids is 2. The highest BCUT2D eigenvalue weighted by atomic mass is 35.5. The van der Waals surface area contributed by atoms with Crippen molar-refractivity contribution in [2.45, 2.75) is 38.6 Å². The molecule has 170 valence electrons. The van der Waals surface area contributed by atoms with Gasteiger partial charge in [0, 0.05) is 31.3 Å². The molecule has 1 atom stereocenters. The maximum absolute atomic E-state index is 12.1. The lowest BCUT2D eigenvalue weighted by Crippen LogP contribution is -2.40. The van der Waals surface area contributed by atoms with Crippen molar-refractivity contribution in [3.63, 3.8) is 0 Å². The van der Waals surface area contributed by atoms with Crippen LogP contribution in [0.4, 0.5) is 0 Å². The third-order valence-corrected chi connectivity index (χ3v) is 6.37. The number of nitrogens with zero attached hydrogens (tertiary/aromatic N) is 2. The number of amides is 2. The van der Waals surface area contributed by atoms with Gasteiger partial charge in [0.15, 0.2) is 0 Å². The van der Waals surface area contributed by atoms with E-state index in [1.165, 1.54) is 24.2 Å². The van der Waals surface area contributed by atoms with Gasteiger partial charge in [-0.3, -0.25) is 9.59 Å². The molecule has 2 fully saturated rings. The standard InChI is InChI=1S/C23H26ClN3O4S/c1-15(26-21(28)13-27-10-2-3-22(27)29)4-8-18-12-25-23(32-18)31-20-9-7-17(11-19(20)24)30-14-16-5-6-16/h4,7-9,11-12,15-16H,2-3,5-6,10,13-14H2,1H3,(H,26,28)/b8-4+/t15-/m0/s1. The lowest BCUT2D eigenvalue weighted by molar-refractivity contribution is -0.133. The summed E-state index contributed by atoms with van der Waals surface area (Å²) in [6, 6.07) is 5.21. The normalized spacial score (nSPS) is 17.1. The summed E-state index contributed by atoms with van der Waals surface area (Å²) in [4.78, 5) is 30.5. The van der Waals surface area contributed by atoms with Gasteiger partial charge in [0.25, 0.3) is 5.19 Å². The molecule has 4 rings (SSSR count). The number of aromatic nitrogens is 1. The Morgan fingerprint density at radius 1 is 1.44 bits per heavy atom. The SMILES string of the molecule is C[C@@H](/C=C/c1cnc(Oc2ccc(OCC3CC3)cc2Cl)s1)NC(=O)CN1CCCC1=O. The molecule has 1 aliphatic heterocycles. The number of thiazole rings is 1. The molecule has 7 nitrogen and oxygen atoms in total. The second kappa shape index (κ2) is 10.4. The Morgan fingerprint density at radius 3 is 3.00 bits per heavy atom. The molecule has 2 amide bonds. The predicted molar refractivity (Wildman–Crippen MR) is 124 cm³/mol. The van der Waals surface area contributed by atoms with Crippen LogP contribution in [0.15, 0.2) is 30.5 Å². The van der Waals surface area contributed by atoms with Crippen molar-refractivity contribution >= 4 is 40.8 Å². The van der Waals surface area contributed by atoms with Crippen molar-refractivity contribution in [3.8, 4) is 16.7 Å². The molecule has 0 spiro atoms. The van der Waals surface area contributed by atoms with Crippen LogP contribution in [-0.4, -0.2) is 47.4 Å². The summed E-state index contributed by atoms with van der Waals surface area (Å²) in [5, 5.41) is 3.83. The topological polar surface area (TPSA) is 80.8 Å². The van der Waals surface area contributed by atoms with Crippen LogP contribution in [-0.2, 0) is 9.59 Å². The first-order valence-corrected chi connectivity index (χ1v) is 12.0. The minimum atomic E-state index is -0.177. The molecule has 1 aromatic carbocycles. The maximum Gasteiger partial charge on any atom is 0.279 e. The van der Waals surface area contributed by atoms with E-state index in [9.17, 15) is 9.59 Å². The number of ether oxygens (including phenoxy) is 2. The van der Waals surface area contributed by atoms with Crippen molar-refractivity contribution in [1.29, 1.82) is 0 Å². The van der Waals surface area contributed by atoms with Crippen LogP contribution >= 0.6 is 22.9 Å². The summed E-state index contributed by atoms with van der Waals surface area (Å²) in [5.41, 5.74) is 0. The first-order valence-electron chi connectivity index (χ1n) is 10.8. The van der Waals surface area contributed by atoms with Gasteiger partial charge in [-0.25, -0.2) is 4.98 Å². The van der Waals surface area contributed by atoms with E-state index in [1.807, 2.05) is 25.1 Å². The van der Waals surface area contributed by atoms with Crippen molar-refractivity contribution in [2.75, 3.05) is 19.7 Å². The average molecular weight is 476 g/mol. The van der Waals surface area contributed by atoms with Crippen molar-refractivity contribution < 1.29 is 19.1 Å². The average Bonchev–Trinajstić information content (AvgIpc) is 3.35. The number of nitrogens with one attached hydrogen (secondary N) is 1. The fourth-order valence-corrected chi connectivity index (χ4v) is 4.17. The molecule has 1 saturated heterocycles. The maximum atomic E-state index is 12.1. The fraction of sp³-hybridized carbons (Fsp3) is 0.435. The molecule has 1 aromatic heterocycles. The number of hydrogen-bond acceptors (Lipinski definition) is 6. The van der Waals surface area contributed by atoms with Crippen molar-refractivity contribution in [1.82, 2.24) is 15.2 Å². The van der Waals surface area contributed by atoms with E-state index in [0.29, 0.717) is 34.8 Å². The van der Waals surface area contributed by atoms with Gasteiger partial charge in [-0.15, -0.1) is 0 Å². The minimum absolute atomic E-state index is 0.0426. The van der Waals surface area contributed by atoms with Gasteiger partial charge in [0.1, 0.15) is 11.5 Å². The van der Waals surface area contributed by atoms with Gasteiger partial charge < -0.3 is 19.7 Å². The molecular weight excluding hydrogens is 450 g/mol. The Morgan fingerprint density at radius 2 is 2.28 bits per heavy atom. The molecule has 32 heavy (non-hydrogen) atoms. The van der Waals surface area contributed by atoms with Gasteiger partial charge >= 0.3 is 0 Å². The monoisotopic (exact) mass is 475 g/mol. The van der Waals surface area contributed by atoms with Crippen LogP contribution < -0.4 is 14.8 Å². The third kappa shape index (κ3) is 6.46. The van der Waals surface area contributed by atoms with Crippen LogP contribution in [0.25, 0.3) is 6.08 Å². The molecule has 9 heteroatoms. The number of likely N-dealkylation sites (tertiary alicyclic amines) is 1. The molecule has 2 heterocycles. The lowest BCUT2D eigenvalue weighted by atomic mass is 10.3. The van der Waals surface area contributed by atoms with Crippen LogP contribution in [0.1, 0.15) is 37.5 Å². The van der Waals surface area contributed by atoms with Crippen LogP contribution in [0, 0.1) is 5.92 Å². The largest absolute Gasteiger partial charge is 0.493 e. The first-order chi connectivity index (χ1) is 15.5. The van der Waals surface area contributed by atoms with E-state index in [-0.39, 0.29) is 24.4 Å². The lowest BCUT2D eigenvalue weighted by Gasteiger charge is -2.16. The number of rotatable bonds is 10. The summed E-state index contributed by atoms with van der Waals surface area (Å²) < 4.78 is 11.6. The van der Waals surface area contributed by atoms with E-state index in [0.717, 1.165) is 23.7 Å². The first kappa shape index (κ1) is 22.6. The van der Waals surface area contributed by atoms with E-state index in [1.54, 1.807) is 23.2 Å². The summed E-state index contributed by atoms with van der Waals surface area (Å²) >= 11 is 7.71. The molecule has 1 N–H and O–H groups in total. The molecule has 0 unspecified atom stereocenters. The fourth-order valence-electron chi connectivity index (χ4n) is 3.27. The third-order valence-electron chi connectivity index (χ3n) is 5.23. The van der Waals surface area contributed by atoms with E-state index < -0.39 is 0 Å². The zero-order valence-corrected chi connectivity index (χ0v) is 19.5. The molecule has 0 bridgehead atoms. The second-order valence-corrected chi connectivity index (χ2v) is 9.54. The number of halogens is 1. The van der Waals surface area contributed by atoms with Gasteiger partial charge in [0.05, 0.1) is 23.1 Å². The second-order valence-electron chi connectivity index (χ2n) is 8.11. The Hall–Kier alpha value is -2.58. The Balaban J connectivity index is 1.26. The zero-order valence-electron chi connectivity index (χ0n) is 17.9. The Kier molecular flexibility index (Phi) is 7.32. The Labute approximate surface area is 196 Å². The van der Waals surface area contributed by atoms with Crippen molar-refractivity contribution in [2.24, 2.45) is 5.92 Å². The summed E-state index contributed by atoms with van der Waals surface area (Å²) in [5.74, 6) is 1.82. The van der Waals surface area contributed by atoms with Crippen molar-refractivity contribution in [3.05, 3.63) is 40.4 Å². The number of carbonyl (C=O) groups is 2. The van der Waals surface area contributed by atoms with Gasteiger partial charge in [-0.05, 0) is 50.3 Å². The molecule has 2 aromatic rings.